The Morgan fingerprint density at radius 2 is 2.00 bits per heavy atom. The summed E-state index contributed by atoms with van der Waals surface area (Å²) in [6.07, 6.45) is -1.38. The summed E-state index contributed by atoms with van der Waals surface area (Å²) >= 11 is 0. The number of nitrogens with two attached hydrogens (primary N) is 1. The second-order valence-corrected chi connectivity index (χ2v) is 5.21. The minimum atomic E-state index is -4.30. The van der Waals surface area contributed by atoms with Crippen LogP contribution in [0.1, 0.15) is 36.4 Å². The van der Waals surface area contributed by atoms with Crippen molar-refractivity contribution in [2.75, 3.05) is 13.6 Å². The smallest absolute Gasteiger partial charge is 0.326 e. The standard InChI is InChI=1S/C14H19F3N2/c1-19-8-3-2-7-12(18)13(19)10-5-4-6-11(9-10)14(15,16)17/h4-6,9,12-13H,2-3,7-8,18H2,1H3. The number of halogens is 3. The third-order valence-electron chi connectivity index (χ3n) is 3.73. The fourth-order valence-electron chi connectivity index (χ4n) is 2.77. The van der Waals surface area contributed by atoms with Gasteiger partial charge < -0.3 is 5.73 Å². The quantitative estimate of drug-likeness (QED) is 0.850. The van der Waals surface area contributed by atoms with E-state index >= 15 is 0 Å². The van der Waals surface area contributed by atoms with Gasteiger partial charge in [0.2, 0.25) is 0 Å². The summed E-state index contributed by atoms with van der Waals surface area (Å²) < 4.78 is 38.3. The van der Waals surface area contributed by atoms with Crippen molar-refractivity contribution in [1.82, 2.24) is 4.90 Å². The molecule has 0 aliphatic carbocycles. The van der Waals surface area contributed by atoms with Gasteiger partial charge in [0, 0.05) is 12.1 Å². The highest BCUT2D eigenvalue weighted by Gasteiger charge is 2.32. The summed E-state index contributed by atoms with van der Waals surface area (Å²) in [6.45, 7) is 0.870. The van der Waals surface area contributed by atoms with Crippen molar-refractivity contribution in [3.05, 3.63) is 35.4 Å². The normalized spacial score (nSPS) is 26.2. The molecule has 0 saturated carbocycles. The van der Waals surface area contributed by atoms with Crippen LogP contribution in [0.4, 0.5) is 13.2 Å². The molecule has 1 saturated heterocycles. The van der Waals surface area contributed by atoms with Gasteiger partial charge in [0.25, 0.3) is 0 Å². The predicted molar refractivity (Wildman–Crippen MR) is 68.6 cm³/mol. The Kier molecular flexibility index (Phi) is 4.16. The number of hydrogen-bond acceptors (Lipinski definition) is 2. The molecule has 106 valence electrons. The molecule has 1 aromatic carbocycles. The number of nitrogens with zero attached hydrogens (tertiary/aromatic N) is 1. The molecular weight excluding hydrogens is 253 g/mol. The zero-order valence-electron chi connectivity index (χ0n) is 11.0. The number of rotatable bonds is 1. The fraction of sp³-hybridized carbons (Fsp3) is 0.571. The van der Waals surface area contributed by atoms with Crippen molar-refractivity contribution in [3.63, 3.8) is 0 Å². The van der Waals surface area contributed by atoms with Gasteiger partial charge in [0.1, 0.15) is 0 Å². The van der Waals surface area contributed by atoms with Crippen molar-refractivity contribution in [3.8, 4) is 0 Å². The van der Waals surface area contributed by atoms with E-state index in [1.54, 1.807) is 6.07 Å². The van der Waals surface area contributed by atoms with Crippen LogP contribution in [-0.2, 0) is 6.18 Å². The van der Waals surface area contributed by atoms with Gasteiger partial charge in [0.05, 0.1) is 5.56 Å². The number of likely N-dealkylation sites (tertiary alicyclic amines) is 1. The van der Waals surface area contributed by atoms with Crippen molar-refractivity contribution in [2.24, 2.45) is 5.73 Å². The van der Waals surface area contributed by atoms with Gasteiger partial charge in [-0.3, -0.25) is 4.90 Å². The summed E-state index contributed by atoms with van der Waals surface area (Å²) in [5.41, 5.74) is 6.19. The lowest BCUT2D eigenvalue weighted by molar-refractivity contribution is -0.137. The maximum absolute atomic E-state index is 12.8. The Morgan fingerprint density at radius 3 is 2.68 bits per heavy atom. The summed E-state index contributed by atoms with van der Waals surface area (Å²) in [6, 6.07) is 5.28. The van der Waals surface area contributed by atoms with Crippen molar-refractivity contribution in [1.29, 1.82) is 0 Å². The predicted octanol–water partition coefficient (Wildman–Crippen LogP) is 3.19. The highest BCUT2D eigenvalue weighted by atomic mass is 19.4. The molecule has 2 unspecified atom stereocenters. The Balaban J connectivity index is 2.33. The lowest BCUT2D eigenvalue weighted by atomic mass is 9.95. The van der Waals surface area contributed by atoms with E-state index in [9.17, 15) is 13.2 Å². The summed E-state index contributed by atoms with van der Waals surface area (Å²) in [7, 11) is 1.93. The van der Waals surface area contributed by atoms with Crippen LogP contribution in [0.25, 0.3) is 0 Å². The Bertz CT molecular complexity index is 419. The van der Waals surface area contributed by atoms with Crippen LogP contribution in [0.5, 0.6) is 0 Å². The molecule has 1 aromatic rings. The SMILES string of the molecule is CN1CCCCC(N)C1c1cccc(C(F)(F)F)c1. The molecule has 1 heterocycles. The van der Waals surface area contributed by atoms with E-state index in [0.717, 1.165) is 31.9 Å². The van der Waals surface area contributed by atoms with Crippen LogP contribution < -0.4 is 5.73 Å². The molecule has 1 aliphatic heterocycles. The molecule has 1 aliphatic rings. The van der Waals surface area contributed by atoms with Gasteiger partial charge >= 0.3 is 6.18 Å². The zero-order valence-corrected chi connectivity index (χ0v) is 11.0. The molecule has 2 N–H and O–H groups in total. The maximum Gasteiger partial charge on any atom is 0.416 e. The summed E-state index contributed by atoms with van der Waals surface area (Å²) in [5, 5.41) is 0. The molecule has 0 bridgehead atoms. The zero-order chi connectivity index (χ0) is 14.0. The number of likely N-dealkylation sites (N-methyl/N-ethyl adjacent to an activating group) is 1. The lowest BCUT2D eigenvalue weighted by Gasteiger charge is -2.31. The first kappa shape index (κ1) is 14.3. The molecule has 2 rings (SSSR count). The molecule has 0 spiro atoms. The van der Waals surface area contributed by atoms with Crippen LogP contribution in [0.3, 0.4) is 0 Å². The highest BCUT2D eigenvalue weighted by molar-refractivity contribution is 5.29. The first-order valence-electron chi connectivity index (χ1n) is 6.52. The monoisotopic (exact) mass is 272 g/mol. The van der Waals surface area contributed by atoms with Gasteiger partial charge in [-0.15, -0.1) is 0 Å². The third-order valence-corrected chi connectivity index (χ3v) is 3.73. The van der Waals surface area contributed by atoms with E-state index < -0.39 is 11.7 Å². The highest BCUT2D eigenvalue weighted by Crippen LogP contribution is 2.33. The molecule has 0 aromatic heterocycles. The molecule has 19 heavy (non-hydrogen) atoms. The average Bonchev–Trinajstić information content (AvgIpc) is 2.50. The van der Waals surface area contributed by atoms with Gasteiger partial charge in [-0.2, -0.15) is 13.2 Å². The van der Waals surface area contributed by atoms with E-state index in [4.69, 9.17) is 5.73 Å². The second-order valence-electron chi connectivity index (χ2n) is 5.21. The molecule has 0 radical (unpaired) electrons. The first-order chi connectivity index (χ1) is 8.89. The molecule has 5 heteroatoms. The van der Waals surface area contributed by atoms with E-state index in [-0.39, 0.29) is 12.1 Å². The Hall–Kier alpha value is -1.07. The Labute approximate surface area is 111 Å². The van der Waals surface area contributed by atoms with Crippen molar-refractivity contribution in [2.45, 2.75) is 37.5 Å². The van der Waals surface area contributed by atoms with Crippen molar-refractivity contribution < 1.29 is 13.2 Å². The van der Waals surface area contributed by atoms with E-state index in [0.29, 0.717) is 5.56 Å². The second kappa shape index (κ2) is 5.51. The van der Waals surface area contributed by atoms with Crippen LogP contribution in [0.2, 0.25) is 0 Å². The largest absolute Gasteiger partial charge is 0.416 e. The molecular formula is C14H19F3N2. The minimum absolute atomic E-state index is 0.115. The maximum atomic E-state index is 12.8. The number of benzene rings is 1. The van der Waals surface area contributed by atoms with Crippen LogP contribution in [-0.4, -0.2) is 24.5 Å². The molecule has 1 fully saturated rings. The fourth-order valence-corrected chi connectivity index (χ4v) is 2.77. The lowest BCUT2D eigenvalue weighted by Crippen LogP contribution is -2.37. The van der Waals surface area contributed by atoms with Crippen molar-refractivity contribution >= 4 is 0 Å². The van der Waals surface area contributed by atoms with Gasteiger partial charge in [0.15, 0.2) is 0 Å². The van der Waals surface area contributed by atoms with Gasteiger partial charge in [-0.25, -0.2) is 0 Å². The Morgan fingerprint density at radius 1 is 1.26 bits per heavy atom. The first-order valence-corrected chi connectivity index (χ1v) is 6.52. The molecule has 2 atom stereocenters. The van der Waals surface area contributed by atoms with E-state index in [1.807, 2.05) is 7.05 Å². The van der Waals surface area contributed by atoms with E-state index in [2.05, 4.69) is 4.90 Å². The van der Waals surface area contributed by atoms with E-state index in [1.165, 1.54) is 12.1 Å². The van der Waals surface area contributed by atoms with Crippen LogP contribution >= 0.6 is 0 Å². The molecule has 0 amide bonds. The summed E-state index contributed by atoms with van der Waals surface area (Å²) in [4.78, 5) is 2.06. The summed E-state index contributed by atoms with van der Waals surface area (Å²) in [5.74, 6) is 0. The average molecular weight is 272 g/mol. The topological polar surface area (TPSA) is 29.3 Å². The number of alkyl halides is 3. The molecule has 2 nitrogen and oxygen atoms in total. The van der Waals surface area contributed by atoms with Gasteiger partial charge in [-0.05, 0) is 44.1 Å². The van der Waals surface area contributed by atoms with Gasteiger partial charge in [-0.1, -0.05) is 18.6 Å². The number of hydrogen-bond donors (Lipinski definition) is 1. The minimum Gasteiger partial charge on any atom is -0.326 e. The van der Waals surface area contributed by atoms with Crippen LogP contribution in [0.15, 0.2) is 24.3 Å². The van der Waals surface area contributed by atoms with Crippen LogP contribution in [0, 0.1) is 0 Å². The third kappa shape index (κ3) is 3.28.